The third-order valence-electron chi connectivity index (χ3n) is 4.58. The van der Waals surface area contributed by atoms with Gasteiger partial charge < -0.3 is 0 Å². The zero-order valence-electron chi connectivity index (χ0n) is 15.2. The molecule has 4 heterocycles. The normalized spacial score (nSPS) is 15.3. The van der Waals surface area contributed by atoms with Crippen molar-refractivity contribution in [1.29, 1.82) is 0 Å². The van der Waals surface area contributed by atoms with Crippen molar-refractivity contribution in [2.75, 3.05) is 13.1 Å². The summed E-state index contributed by atoms with van der Waals surface area (Å²) in [6.45, 7) is 7.18. The van der Waals surface area contributed by atoms with Gasteiger partial charge >= 0.3 is 0 Å². The van der Waals surface area contributed by atoms with E-state index in [0.717, 1.165) is 36.7 Å². The van der Waals surface area contributed by atoms with Crippen LogP contribution in [0, 0.1) is 19.8 Å². The van der Waals surface area contributed by atoms with E-state index >= 15 is 0 Å². The number of hydrogen-bond acceptors (Lipinski definition) is 6. The van der Waals surface area contributed by atoms with E-state index in [4.69, 9.17) is 0 Å². The second-order valence-corrected chi connectivity index (χ2v) is 6.94. The maximum absolute atomic E-state index is 12.2. The summed E-state index contributed by atoms with van der Waals surface area (Å²) < 4.78 is 3.32. The molecule has 3 aromatic rings. The van der Waals surface area contributed by atoms with Gasteiger partial charge in [-0.05, 0) is 26.0 Å². The molecule has 1 fully saturated rings. The van der Waals surface area contributed by atoms with Gasteiger partial charge in [-0.15, -0.1) is 5.10 Å². The number of rotatable bonds is 5. The molecule has 0 bridgehead atoms. The minimum Gasteiger partial charge on any atom is -0.297 e. The number of nitrogens with zero attached hydrogens (tertiary/aromatic N) is 8. The minimum absolute atomic E-state index is 0.0809. The van der Waals surface area contributed by atoms with Crippen LogP contribution in [0.5, 0.6) is 0 Å². The maximum Gasteiger partial charge on any atom is 0.266 e. The Kier molecular flexibility index (Phi) is 4.15. The van der Waals surface area contributed by atoms with E-state index in [0.29, 0.717) is 18.3 Å². The molecule has 1 aliphatic rings. The van der Waals surface area contributed by atoms with Crippen LogP contribution >= 0.6 is 0 Å². The average Bonchev–Trinajstić information content (AvgIpc) is 3.12. The first kappa shape index (κ1) is 16.6. The lowest BCUT2D eigenvalue weighted by Gasteiger charge is -2.38. The number of aryl methyl sites for hydroxylation is 3. The molecule has 9 heteroatoms. The van der Waals surface area contributed by atoms with Gasteiger partial charge in [-0.2, -0.15) is 20.1 Å². The summed E-state index contributed by atoms with van der Waals surface area (Å²) in [4.78, 5) is 16.0. The van der Waals surface area contributed by atoms with Gasteiger partial charge in [-0.3, -0.25) is 9.69 Å². The molecular formula is C17H22N8O. The van der Waals surface area contributed by atoms with Crippen LogP contribution in [0.2, 0.25) is 0 Å². The van der Waals surface area contributed by atoms with Crippen molar-refractivity contribution in [3.63, 3.8) is 0 Å². The topological polar surface area (TPSA) is 86.7 Å². The Labute approximate surface area is 150 Å². The highest BCUT2D eigenvalue weighted by atomic mass is 16.1. The van der Waals surface area contributed by atoms with Crippen LogP contribution in [-0.2, 0) is 20.1 Å². The SMILES string of the molecule is Cc1cc(C)n(-c2ccc(=O)n(CC3CN(Cc4cnn(C)n4)C3)n2)n1. The fourth-order valence-electron chi connectivity index (χ4n) is 3.40. The van der Waals surface area contributed by atoms with Crippen molar-refractivity contribution in [2.45, 2.75) is 26.9 Å². The van der Waals surface area contributed by atoms with Crippen LogP contribution in [0.1, 0.15) is 17.1 Å². The Hall–Kier alpha value is -2.81. The van der Waals surface area contributed by atoms with Crippen LogP contribution in [0.3, 0.4) is 0 Å². The van der Waals surface area contributed by atoms with Crippen molar-refractivity contribution >= 4 is 0 Å². The summed E-state index contributed by atoms with van der Waals surface area (Å²) >= 11 is 0. The van der Waals surface area contributed by atoms with Crippen LogP contribution < -0.4 is 5.56 Å². The summed E-state index contributed by atoms with van der Waals surface area (Å²) in [5, 5.41) is 17.3. The molecule has 0 unspecified atom stereocenters. The molecular weight excluding hydrogens is 332 g/mol. The molecule has 1 saturated heterocycles. The lowest BCUT2D eigenvalue weighted by molar-refractivity contribution is 0.0752. The lowest BCUT2D eigenvalue weighted by atomic mass is 10.00. The van der Waals surface area contributed by atoms with Crippen LogP contribution in [-0.4, -0.2) is 52.5 Å². The zero-order valence-corrected chi connectivity index (χ0v) is 15.2. The van der Waals surface area contributed by atoms with E-state index in [2.05, 4.69) is 25.3 Å². The van der Waals surface area contributed by atoms with E-state index in [-0.39, 0.29) is 5.56 Å². The summed E-state index contributed by atoms with van der Waals surface area (Å²) in [7, 11) is 1.82. The maximum atomic E-state index is 12.2. The molecule has 0 amide bonds. The Morgan fingerprint density at radius 2 is 1.96 bits per heavy atom. The molecule has 136 valence electrons. The van der Waals surface area contributed by atoms with Crippen molar-refractivity contribution in [3.05, 3.63) is 51.8 Å². The first-order valence-corrected chi connectivity index (χ1v) is 8.67. The molecule has 9 nitrogen and oxygen atoms in total. The van der Waals surface area contributed by atoms with Gasteiger partial charge in [0.1, 0.15) is 0 Å². The third-order valence-corrected chi connectivity index (χ3v) is 4.58. The standard InChI is InChI=1S/C17H22N8O/c1-12-6-13(2)25(19-12)16-4-5-17(26)24(21-16)10-14-8-23(9-14)11-15-7-18-22(3)20-15/h4-7,14H,8-11H2,1-3H3. The molecule has 26 heavy (non-hydrogen) atoms. The predicted molar refractivity (Wildman–Crippen MR) is 94.9 cm³/mol. The second kappa shape index (κ2) is 6.49. The smallest absolute Gasteiger partial charge is 0.266 e. The highest BCUT2D eigenvalue weighted by Crippen LogP contribution is 2.19. The van der Waals surface area contributed by atoms with Crippen molar-refractivity contribution in [2.24, 2.45) is 13.0 Å². The summed E-state index contributed by atoms with van der Waals surface area (Å²) in [5.74, 6) is 1.08. The molecule has 4 rings (SSSR count). The molecule has 0 aliphatic carbocycles. The van der Waals surface area contributed by atoms with Crippen LogP contribution in [0.4, 0.5) is 0 Å². The zero-order chi connectivity index (χ0) is 18.3. The molecule has 0 spiro atoms. The first-order chi connectivity index (χ1) is 12.5. The highest BCUT2D eigenvalue weighted by molar-refractivity contribution is 5.23. The molecule has 0 atom stereocenters. The van der Waals surface area contributed by atoms with Gasteiger partial charge in [0.2, 0.25) is 0 Å². The monoisotopic (exact) mass is 354 g/mol. The fraction of sp³-hybridized carbons (Fsp3) is 0.471. The number of hydrogen-bond donors (Lipinski definition) is 0. The number of aromatic nitrogens is 7. The molecule has 3 aromatic heterocycles. The molecule has 0 saturated carbocycles. The van der Waals surface area contributed by atoms with Gasteiger partial charge in [0.15, 0.2) is 5.82 Å². The molecule has 0 aromatic carbocycles. The molecule has 1 aliphatic heterocycles. The van der Waals surface area contributed by atoms with E-state index in [1.54, 1.807) is 32.5 Å². The van der Waals surface area contributed by atoms with Gasteiger partial charge in [0.05, 0.1) is 24.1 Å². The van der Waals surface area contributed by atoms with Gasteiger partial charge in [-0.25, -0.2) is 9.36 Å². The Morgan fingerprint density at radius 1 is 1.15 bits per heavy atom. The lowest BCUT2D eigenvalue weighted by Crippen LogP contribution is -2.49. The highest BCUT2D eigenvalue weighted by Gasteiger charge is 2.28. The van der Waals surface area contributed by atoms with Gasteiger partial charge in [0.25, 0.3) is 5.56 Å². The third kappa shape index (κ3) is 3.30. The summed E-state index contributed by atoms with van der Waals surface area (Å²) in [5.41, 5.74) is 2.81. The summed E-state index contributed by atoms with van der Waals surface area (Å²) in [6.07, 6.45) is 1.79. The second-order valence-electron chi connectivity index (χ2n) is 6.94. The predicted octanol–water partition coefficient (Wildman–Crippen LogP) is 0.306. The number of likely N-dealkylation sites (tertiary alicyclic amines) is 1. The van der Waals surface area contributed by atoms with E-state index in [1.807, 2.05) is 27.0 Å². The Morgan fingerprint density at radius 3 is 2.62 bits per heavy atom. The van der Waals surface area contributed by atoms with Crippen molar-refractivity contribution in [3.8, 4) is 5.82 Å². The summed E-state index contributed by atoms with van der Waals surface area (Å²) in [6, 6.07) is 5.28. The van der Waals surface area contributed by atoms with Crippen molar-refractivity contribution in [1.82, 2.24) is 39.5 Å². The van der Waals surface area contributed by atoms with Crippen LogP contribution in [0.15, 0.2) is 29.2 Å². The quantitative estimate of drug-likeness (QED) is 0.655. The van der Waals surface area contributed by atoms with Gasteiger partial charge in [-0.1, -0.05) is 0 Å². The van der Waals surface area contributed by atoms with Crippen molar-refractivity contribution < 1.29 is 0 Å². The Balaban J connectivity index is 1.42. The first-order valence-electron chi connectivity index (χ1n) is 8.67. The average molecular weight is 354 g/mol. The minimum atomic E-state index is -0.0809. The van der Waals surface area contributed by atoms with Crippen LogP contribution in [0.25, 0.3) is 5.82 Å². The Bertz CT molecular complexity index is 979. The van der Waals surface area contributed by atoms with E-state index < -0.39 is 0 Å². The van der Waals surface area contributed by atoms with Gasteiger partial charge in [0, 0.05) is 44.4 Å². The fourth-order valence-corrected chi connectivity index (χ4v) is 3.40. The molecule has 0 N–H and O–H groups in total. The van der Waals surface area contributed by atoms with E-state index in [9.17, 15) is 4.79 Å². The largest absolute Gasteiger partial charge is 0.297 e. The molecule has 0 radical (unpaired) electrons. The van der Waals surface area contributed by atoms with E-state index in [1.165, 1.54) is 0 Å².